The van der Waals surface area contributed by atoms with Crippen LogP contribution < -0.4 is 5.32 Å². The second-order valence-electron chi connectivity index (χ2n) is 3.58. The lowest BCUT2D eigenvalue weighted by molar-refractivity contribution is 0.0693. The largest absolute Gasteiger partial charge is 0.507 e. The lowest BCUT2D eigenvalue weighted by Crippen LogP contribution is -2.14. The SMILES string of the molecule is O=C(Nc1ccc(O)c(C(=O)O)c1)c1cnccn1. The fourth-order valence-electron chi connectivity index (χ4n) is 1.40. The minimum atomic E-state index is -1.28. The molecule has 0 unspecified atom stereocenters. The number of carboxylic acids is 1. The maximum absolute atomic E-state index is 11.8. The van der Waals surface area contributed by atoms with Gasteiger partial charge in [-0.25, -0.2) is 9.78 Å². The van der Waals surface area contributed by atoms with E-state index in [-0.39, 0.29) is 22.7 Å². The topological polar surface area (TPSA) is 112 Å². The number of aromatic hydroxyl groups is 1. The molecule has 0 atom stereocenters. The van der Waals surface area contributed by atoms with Crippen molar-refractivity contribution in [3.63, 3.8) is 0 Å². The van der Waals surface area contributed by atoms with Crippen molar-refractivity contribution < 1.29 is 19.8 Å². The van der Waals surface area contributed by atoms with Gasteiger partial charge in [-0.3, -0.25) is 9.78 Å². The Labute approximate surface area is 107 Å². The van der Waals surface area contributed by atoms with Crippen LogP contribution in [0, 0.1) is 0 Å². The second-order valence-corrected chi connectivity index (χ2v) is 3.58. The van der Waals surface area contributed by atoms with Crippen LogP contribution in [0.1, 0.15) is 20.8 Å². The van der Waals surface area contributed by atoms with Crippen LogP contribution >= 0.6 is 0 Å². The van der Waals surface area contributed by atoms with Gasteiger partial charge in [-0.1, -0.05) is 0 Å². The molecule has 0 fully saturated rings. The Kier molecular flexibility index (Phi) is 3.37. The number of amides is 1. The average molecular weight is 259 g/mol. The summed E-state index contributed by atoms with van der Waals surface area (Å²) in [4.78, 5) is 30.2. The molecule has 0 radical (unpaired) electrons. The number of benzene rings is 1. The molecule has 0 aliphatic carbocycles. The Bertz CT molecular complexity index is 628. The Morgan fingerprint density at radius 2 is 2.00 bits per heavy atom. The predicted molar refractivity (Wildman–Crippen MR) is 65.1 cm³/mol. The molecule has 3 N–H and O–H groups in total. The summed E-state index contributed by atoms with van der Waals surface area (Å²) < 4.78 is 0. The number of rotatable bonds is 3. The highest BCUT2D eigenvalue weighted by molar-refractivity contribution is 6.03. The standard InChI is InChI=1S/C12H9N3O4/c16-10-2-1-7(5-8(10)12(18)19)15-11(17)9-6-13-3-4-14-9/h1-6,16H,(H,15,17)(H,18,19). The molecular formula is C12H9N3O4. The third-order valence-electron chi connectivity index (χ3n) is 2.28. The molecule has 0 aliphatic heterocycles. The monoisotopic (exact) mass is 259 g/mol. The van der Waals surface area contributed by atoms with Gasteiger partial charge >= 0.3 is 5.97 Å². The number of hydrogen-bond donors (Lipinski definition) is 3. The molecule has 19 heavy (non-hydrogen) atoms. The van der Waals surface area contributed by atoms with Crippen LogP contribution in [0.2, 0.25) is 0 Å². The van der Waals surface area contributed by atoms with Crippen molar-refractivity contribution in [2.24, 2.45) is 0 Å². The van der Waals surface area contributed by atoms with Gasteiger partial charge in [-0.2, -0.15) is 0 Å². The van der Waals surface area contributed by atoms with Gasteiger partial charge in [0.25, 0.3) is 5.91 Å². The molecule has 0 aliphatic rings. The van der Waals surface area contributed by atoms with Gasteiger partial charge in [-0.15, -0.1) is 0 Å². The van der Waals surface area contributed by atoms with Crippen molar-refractivity contribution in [3.8, 4) is 5.75 Å². The Morgan fingerprint density at radius 1 is 1.21 bits per heavy atom. The summed E-state index contributed by atoms with van der Waals surface area (Å²) in [7, 11) is 0. The van der Waals surface area contributed by atoms with Crippen LogP contribution in [-0.4, -0.2) is 32.1 Å². The fourth-order valence-corrected chi connectivity index (χ4v) is 1.40. The second kappa shape index (κ2) is 5.13. The van der Waals surface area contributed by atoms with Crippen molar-refractivity contribution in [1.82, 2.24) is 9.97 Å². The van der Waals surface area contributed by atoms with Gasteiger partial charge in [0.2, 0.25) is 0 Å². The molecule has 1 heterocycles. The summed E-state index contributed by atoms with van der Waals surface area (Å²) in [5.41, 5.74) is 0.0512. The first-order valence-electron chi connectivity index (χ1n) is 5.21. The number of nitrogens with one attached hydrogen (secondary N) is 1. The molecule has 0 saturated heterocycles. The summed E-state index contributed by atoms with van der Waals surface area (Å²) >= 11 is 0. The first-order chi connectivity index (χ1) is 9.08. The van der Waals surface area contributed by atoms with Crippen molar-refractivity contribution in [1.29, 1.82) is 0 Å². The van der Waals surface area contributed by atoms with E-state index in [0.29, 0.717) is 0 Å². The minimum Gasteiger partial charge on any atom is -0.507 e. The van der Waals surface area contributed by atoms with E-state index in [1.54, 1.807) is 0 Å². The zero-order valence-electron chi connectivity index (χ0n) is 9.57. The minimum absolute atomic E-state index is 0.104. The smallest absolute Gasteiger partial charge is 0.339 e. The van der Waals surface area contributed by atoms with Crippen LogP contribution in [0.4, 0.5) is 5.69 Å². The van der Waals surface area contributed by atoms with Crippen molar-refractivity contribution in [2.75, 3.05) is 5.32 Å². The van der Waals surface area contributed by atoms with Crippen LogP contribution in [0.25, 0.3) is 0 Å². The highest BCUT2D eigenvalue weighted by Crippen LogP contribution is 2.21. The van der Waals surface area contributed by atoms with E-state index in [9.17, 15) is 14.7 Å². The normalized spacial score (nSPS) is 9.89. The van der Waals surface area contributed by atoms with E-state index in [1.165, 1.54) is 30.7 Å². The summed E-state index contributed by atoms with van der Waals surface area (Å²) in [6.07, 6.45) is 4.09. The lowest BCUT2D eigenvalue weighted by Gasteiger charge is -2.06. The molecule has 2 aromatic rings. The maximum Gasteiger partial charge on any atom is 0.339 e. The Morgan fingerprint density at radius 3 is 2.63 bits per heavy atom. The number of hydrogen-bond acceptors (Lipinski definition) is 5. The van der Waals surface area contributed by atoms with Gasteiger partial charge in [0.15, 0.2) is 0 Å². The molecule has 0 saturated carbocycles. The molecule has 0 spiro atoms. The van der Waals surface area contributed by atoms with E-state index in [4.69, 9.17) is 5.11 Å². The van der Waals surface area contributed by atoms with Crippen LogP contribution in [0.15, 0.2) is 36.8 Å². The highest BCUT2D eigenvalue weighted by atomic mass is 16.4. The van der Waals surface area contributed by atoms with Gasteiger partial charge in [0.05, 0.1) is 6.20 Å². The molecule has 7 heteroatoms. The number of nitrogens with zero attached hydrogens (tertiary/aromatic N) is 2. The molecule has 1 aromatic heterocycles. The van der Waals surface area contributed by atoms with Crippen molar-refractivity contribution in [3.05, 3.63) is 48.0 Å². The van der Waals surface area contributed by atoms with Crippen molar-refractivity contribution >= 4 is 17.6 Å². The van der Waals surface area contributed by atoms with Crippen LogP contribution in [0.5, 0.6) is 5.75 Å². The zero-order valence-corrected chi connectivity index (χ0v) is 9.57. The number of aromatic nitrogens is 2. The number of aromatic carboxylic acids is 1. The lowest BCUT2D eigenvalue weighted by atomic mass is 10.2. The van der Waals surface area contributed by atoms with Crippen LogP contribution in [0.3, 0.4) is 0 Å². The third-order valence-corrected chi connectivity index (χ3v) is 2.28. The van der Waals surface area contributed by atoms with E-state index < -0.39 is 11.9 Å². The van der Waals surface area contributed by atoms with Gasteiger partial charge in [0, 0.05) is 18.1 Å². The van der Waals surface area contributed by atoms with Crippen LogP contribution in [-0.2, 0) is 0 Å². The number of carboxylic acid groups (broad SMARTS) is 1. The Balaban J connectivity index is 2.23. The highest BCUT2D eigenvalue weighted by Gasteiger charge is 2.12. The number of carbonyl (C=O) groups excluding carboxylic acids is 1. The van der Waals surface area contributed by atoms with E-state index in [2.05, 4.69) is 15.3 Å². The third kappa shape index (κ3) is 2.83. The first-order valence-corrected chi connectivity index (χ1v) is 5.21. The average Bonchev–Trinajstić information content (AvgIpc) is 2.41. The Hall–Kier alpha value is -2.96. The first kappa shape index (κ1) is 12.5. The molecule has 7 nitrogen and oxygen atoms in total. The quantitative estimate of drug-likeness (QED) is 0.712. The number of anilines is 1. The molecule has 1 aromatic carbocycles. The van der Waals surface area contributed by atoms with Crippen molar-refractivity contribution in [2.45, 2.75) is 0 Å². The summed E-state index contributed by atoms with van der Waals surface area (Å²) in [6, 6.07) is 3.73. The number of carbonyl (C=O) groups is 2. The van der Waals surface area contributed by atoms with E-state index in [0.717, 1.165) is 6.07 Å². The molecule has 2 rings (SSSR count). The van der Waals surface area contributed by atoms with Gasteiger partial charge in [0.1, 0.15) is 17.0 Å². The molecule has 96 valence electrons. The van der Waals surface area contributed by atoms with Gasteiger partial charge < -0.3 is 15.5 Å². The fraction of sp³-hybridized carbons (Fsp3) is 0. The van der Waals surface area contributed by atoms with Gasteiger partial charge in [-0.05, 0) is 18.2 Å². The molecule has 0 bridgehead atoms. The summed E-state index contributed by atoms with van der Waals surface area (Å²) in [5.74, 6) is -2.17. The predicted octanol–water partition coefficient (Wildman–Crippen LogP) is 1.13. The summed E-state index contributed by atoms with van der Waals surface area (Å²) in [6.45, 7) is 0. The number of phenols is 1. The molecular weight excluding hydrogens is 250 g/mol. The zero-order chi connectivity index (χ0) is 13.8. The maximum atomic E-state index is 11.8. The van der Waals surface area contributed by atoms with E-state index in [1.807, 2.05) is 0 Å². The molecule has 1 amide bonds. The van der Waals surface area contributed by atoms with E-state index >= 15 is 0 Å². The summed E-state index contributed by atoms with van der Waals surface area (Å²) in [5, 5.41) is 20.7.